The third kappa shape index (κ3) is 3.24. The smallest absolute Gasteiger partial charge is 0.230 e. The van der Waals surface area contributed by atoms with E-state index in [9.17, 15) is 9.18 Å². The largest absolute Gasteiger partial charge is 0.377 e. The zero-order chi connectivity index (χ0) is 16.4. The fraction of sp³-hybridized carbons (Fsp3) is 0.438. The first kappa shape index (κ1) is 15.6. The normalized spacial score (nSPS) is 20.9. The zero-order valence-corrected chi connectivity index (χ0v) is 13.0. The number of halogens is 1. The van der Waals surface area contributed by atoms with Crippen molar-refractivity contribution < 1.29 is 13.9 Å². The molecule has 122 valence electrons. The lowest BCUT2D eigenvalue weighted by Crippen LogP contribution is -2.32. The number of amides is 1. The molecule has 23 heavy (non-hydrogen) atoms. The van der Waals surface area contributed by atoms with Crippen LogP contribution in [0.15, 0.2) is 24.5 Å². The predicted octanol–water partition coefficient (Wildman–Crippen LogP) is 2.61. The third-order valence-electron chi connectivity index (χ3n) is 4.03. The molecule has 6 nitrogen and oxygen atoms in total. The van der Waals surface area contributed by atoms with Gasteiger partial charge < -0.3 is 10.1 Å². The Morgan fingerprint density at radius 3 is 3.00 bits per heavy atom. The number of anilines is 1. The molecule has 3 rings (SSSR count). The average molecular weight is 318 g/mol. The first-order chi connectivity index (χ1) is 11.1. The van der Waals surface area contributed by atoms with Crippen molar-refractivity contribution in [3.05, 3.63) is 30.3 Å². The summed E-state index contributed by atoms with van der Waals surface area (Å²) in [6, 6.07) is 4.39. The minimum atomic E-state index is -0.427. The van der Waals surface area contributed by atoms with Gasteiger partial charge in [0, 0.05) is 12.3 Å². The van der Waals surface area contributed by atoms with Crippen LogP contribution in [0, 0.1) is 17.7 Å². The molecule has 0 radical (unpaired) electrons. The second-order valence-corrected chi connectivity index (χ2v) is 5.99. The summed E-state index contributed by atoms with van der Waals surface area (Å²) < 4.78 is 19.6. The number of aromatic amines is 1. The Bertz CT molecular complexity index is 687. The molecule has 7 heteroatoms. The van der Waals surface area contributed by atoms with E-state index in [4.69, 9.17) is 4.74 Å². The Morgan fingerprint density at radius 2 is 2.30 bits per heavy atom. The number of ether oxygens (including phenoxy) is 1. The second kappa shape index (κ2) is 6.45. The van der Waals surface area contributed by atoms with E-state index in [1.807, 2.05) is 13.8 Å². The van der Waals surface area contributed by atoms with Crippen molar-refractivity contribution in [1.29, 1.82) is 0 Å². The number of rotatable bonds is 4. The van der Waals surface area contributed by atoms with Gasteiger partial charge in [-0.2, -0.15) is 5.10 Å². The molecule has 2 atom stereocenters. The highest BCUT2D eigenvalue weighted by atomic mass is 19.1. The molecule has 2 N–H and O–H groups in total. The standard InChI is InChI=1S/C16H19FN4O2/c1-9(2)14-11(5-6-23-14)16(22)20-10-3-4-13(17)12(7-10)15-18-8-19-21-15/h3-4,7-9,11,14H,5-6H2,1-2H3,(H,20,22)(H,18,19,21)/t11-,14-/m1/s1. The van der Waals surface area contributed by atoms with Gasteiger partial charge >= 0.3 is 0 Å². The molecule has 0 saturated carbocycles. The summed E-state index contributed by atoms with van der Waals surface area (Å²) >= 11 is 0. The van der Waals surface area contributed by atoms with Crippen LogP contribution in [-0.4, -0.2) is 33.8 Å². The summed E-state index contributed by atoms with van der Waals surface area (Å²) in [7, 11) is 0. The number of hydrogen-bond donors (Lipinski definition) is 2. The third-order valence-corrected chi connectivity index (χ3v) is 4.03. The monoisotopic (exact) mass is 318 g/mol. The van der Waals surface area contributed by atoms with Crippen LogP contribution in [0.3, 0.4) is 0 Å². The lowest BCUT2D eigenvalue weighted by atomic mass is 9.92. The van der Waals surface area contributed by atoms with Crippen molar-refractivity contribution in [1.82, 2.24) is 15.2 Å². The zero-order valence-electron chi connectivity index (χ0n) is 13.0. The lowest BCUT2D eigenvalue weighted by Gasteiger charge is -2.21. The van der Waals surface area contributed by atoms with Crippen LogP contribution in [0.25, 0.3) is 11.4 Å². The van der Waals surface area contributed by atoms with Crippen LogP contribution < -0.4 is 5.32 Å². The van der Waals surface area contributed by atoms with Gasteiger partial charge in [-0.1, -0.05) is 13.8 Å². The number of aromatic nitrogens is 3. The summed E-state index contributed by atoms with van der Waals surface area (Å²) in [6.45, 7) is 4.67. The number of carbonyl (C=O) groups excluding carboxylic acids is 1. The minimum Gasteiger partial charge on any atom is -0.377 e. The van der Waals surface area contributed by atoms with E-state index in [0.717, 1.165) is 0 Å². The highest BCUT2D eigenvalue weighted by molar-refractivity contribution is 5.93. The van der Waals surface area contributed by atoms with Crippen molar-refractivity contribution in [2.24, 2.45) is 11.8 Å². The molecule has 2 heterocycles. The van der Waals surface area contributed by atoms with Gasteiger partial charge in [-0.25, -0.2) is 9.37 Å². The molecule has 1 aliphatic heterocycles. The van der Waals surface area contributed by atoms with Crippen molar-refractivity contribution in [2.75, 3.05) is 11.9 Å². The minimum absolute atomic E-state index is 0.0795. The van der Waals surface area contributed by atoms with Crippen molar-refractivity contribution >= 4 is 11.6 Å². The van der Waals surface area contributed by atoms with E-state index < -0.39 is 5.82 Å². The quantitative estimate of drug-likeness (QED) is 0.908. The molecule has 2 aromatic rings. The number of benzene rings is 1. The summed E-state index contributed by atoms with van der Waals surface area (Å²) in [6.07, 6.45) is 1.93. The molecule has 1 fully saturated rings. The van der Waals surface area contributed by atoms with E-state index in [1.165, 1.54) is 18.5 Å². The van der Waals surface area contributed by atoms with Gasteiger partial charge in [-0.05, 0) is 30.5 Å². The Labute approximate surface area is 133 Å². The molecule has 0 spiro atoms. The molecule has 1 aromatic carbocycles. The van der Waals surface area contributed by atoms with Crippen LogP contribution in [0.5, 0.6) is 0 Å². The highest BCUT2D eigenvalue weighted by Gasteiger charge is 2.36. The Morgan fingerprint density at radius 1 is 1.48 bits per heavy atom. The van der Waals surface area contributed by atoms with E-state index in [2.05, 4.69) is 20.5 Å². The molecule has 0 aliphatic carbocycles. The highest BCUT2D eigenvalue weighted by Crippen LogP contribution is 2.29. The van der Waals surface area contributed by atoms with Crippen molar-refractivity contribution in [3.63, 3.8) is 0 Å². The number of H-pyrrole nitrogens is 1. The maximum atomic E-state index is 13.9. The van der Waals surface area contributed by atoms with Crippen molar-refractivity contribution in [3.8, 4) is 11.4 Å². The molecular formula is C16H19FN4O2. The number of carbonyl (C=O) groups is 1. The maximum Gasteiger partial charge on any atom is 0.230 e. The fourth-order valence-corrected chi connectivity index (χ4v) is 2.90. The van der Waals surface area contributed by atoms with Gasteiger partial charge in [0.25, 0.3) is 0 Å². The van der Waals surface area contributed by atoms with Crippen LogP contribution in [-0.2, 0) is 9.53 Å². The Kier molecular flexibility index (Phi) is 4.38. The van der Waals surface area contributed by atoms with Gasteiger partial charge in [0.15, 0.2) is 5.82 Å². The summed E-state index contributed by atoms with van der Waals surface area (Å²) in [4.78, 5) is 16.4. The Balaban J connectivity index is 1.78. The lowest BCUT2D eigenvalue weighted by molar-refractivity contribution is -0.122. The van der Waals surface area contributed by atoms with Crippen molar-refractivity contribution in [2.45, 2.75) is 26.4 Å². The van der Waals surface area contributed by atoms with Gasteiger partial charge in [0.2, 0.25) is 5.91 Å². The topological polar surface area (TPSA) is 79.9 Å². The number of nitrogens with zero attached hydrogens (tertiary/aromatic N) is 2. The second-order valence-electron chi connectivity index (χ2n) is 5.99. The van der Waals surface area contributed by atoms with E-state index in [1.54, 1.807) is 6.07 Å². The molecule has 1 aliphatic rings. The average Bonchev–Trinajstić information content (AvgIpc) is 3.20. The first-order valence-corrected chi connectivity index (χ1v) is 7.64. The van der Waals surface area contributed by atoms with Crippen LogP contribution in [0.4, 0.5) is 10.1 Å². The van der Waals surface area contributed by atoms with E-state index in [0.29, 0.717) is 24.5 Å². The van der Waals surface area contributed by atoms with Crippen LogP contribution in [0.1, 0.15) is 20.3 Å². The van der Waals surface area contributed by atoms with Gasteiger partial charge in [-0.3, -0.25) is 9.89 Å². The Hall–Kier alpha value is -2.28. The predicted molar refractivity (Wildman–Crippen MR) is 83.1 cm³/mol. The molecule has 0 unspecified atom stereocenters. The van der Waals surface area contributed by atoms with Gasteiger partial charge in [-0.15, -0.1) is 0 Å². The molecular weight excluding hydrogens is 299 g/mol. The molecule has 1 saturated heterocycles. The van der Waals surface area contributed by atoms with Crippen LogP contribution >= 0.6 is 0 Å². The number of hydrogen-bond acceptors (Lipinski definition) is 4. The van der Waals surface area contributed by atoms with Gasteiger partial charge in [0.05, 0.1) is 17.6 Å². The summed E-state index contributed by atoms with van der Waals surface area (Å²) in [5.41, 5.74) is 0.792. The molecule has 1 aromatic heterocycles. The summed E-state index contributed by atoms with van der Waals surface area (Å²) in [5, 5.41) is 9.18. The molecule has 0 bridgehead atoms. The molecule has 1 amide bonds. The van der Waals surface area contributed by atoms with E-state index >= 15 is 0 Å². The maximum absolute atomic E-state index is 13.9. The first-order valence-electron chi connectivity index (χ1n) is 7.64. The number of nitrogens with one attached hydrogen (secondary N) is 2. The van der Waals surface area contributed by atoms with E-state index in [-0.39, 0.29) is 29.4 Å². The van der Waals surface area contributed by atoms with Gasteiger partial charge in [0.1, 0.15) is 12.1 Å². The fourth-order valence-electron chi connectivity index (χ4n) is 2.90. The van der Waals surface area contributed by atoms with Crippen LogP contribution in [0.2, 0.25) is 0 Å². The SMILES string of the molecule is CC(C)[C@H]1OCC[C@H]1C(=O)Nc1ccc(F)c(-c2ncn[nH]2)c1. The summed E-state index contributed by atoms with van der Waals surface area (Å²) in [5.74, 6) is -0.122.